The fourth-order valence-corrected chi connectivity index (χ4v) is 4.43. The van der Waals surface area contributed by atoms with E-state index in [1.807, 2.05) is 41.7 Å². The van der Waals surface area contributed by atoms with Gasteiger partial charge in [-0.3, -0.25) is 4.40 Å². The largest absolute Gasteiger partial charge is 0.394 e. The van der Waals surface area contributed by atoms with Gasteiger partial charge in [-0.25, -0.2) is 15.0 Å². The molecule has 1 aromatic carbocycles. The number of hydrogen-bond donors (Lipinski definition) is 2. The van der Waals surface area contributed by atoms with Crippen molar-refractivity contribution < 1.29 is 5.11 Å². The van der Waals surface area contributed by atoms with Crippen molar-refractivity contribution in [3.8, 4) is 0 Å². The fraction of sp³-hybridized carbons (Fsp3) is 0.318. The second-order valence-corrected chi connectivity index (χ2v) is 8.11. The Morgan fingerprint density at radius 2 is 2.10 bits per heavy atom. The van der Waals surface area contributed by atoms with E-state index in [9.17, 15) is 5.11 Å². The zero-order chi connectivity index (χ0) is 20.7. The summed E-state index contributed by atoms with van der Waals surface area (Å²) in [4.78, 5) is 16.2. The molecule has 1 fully saturated rings. The number of nitrogens with zero attached hydrogens (tertiary/aromatic N) is 5. The summed E-state index contributed by atoms with van der Waals surface area (Å²) >= 11 is 6.41. The second-order valence-electron chi connectivity index (χ2n) is 7.70. The predicted octanol–water partition coefficient (Wildman–Crippen LogP) is 4.33. The van der Waals surface area contributed by atoms with E-state index >= 15 is 0 Å². The molecule has 1 aliphatic heterocycles. The van der Waals surface area contributed by atoms with Crippen molar-refractivity contribution >= 4 is 45.6 Å². The Kier molecular flexibility index (Phi) is 4.92. The van der Waals surface area contributed by atoms with Crippen LogP contribution in [0.2, 0.25) is 5.02 Å². The predicted molar refractivity (Wildman–Crippen MR) is 120 cm³/mol. The molecule has 0 spiro atoms. The maximum Gasteiger partial charge on any atom is 0.166 e. The van der Waals surface area contributed by atoms with Gasteiger partial charge in [0.1, 0.15) is 23.2 Å². The topological polar surface area (TPSA) is 78.6 Å². The van der Waals surface area contributed by atoms with Crippen molar-refractivity contribution in [2.24, 2.45) is 0 Å². The number of benzene rings is 1. The van der Waals surface area contributed by atoms with E-state index < -0.39 is 0 Å². The number of piperidine rings is 1. The highest BCUT2D eigenvalue weighted by molar-refractivity contribution is 6.33. The maximum absolute atomic E-state index is 9.78. The third-order valence-electron chi connectivity index (χ3n) is 5.78. The highest BCUT2D eigenvalue weighted by Gasteiger charge is 2.23. The minimum absolute atomic E-state index is 0.110. The molecule has 154 valence electrons. The number of hydrogen-bond acceptors (Lipinski definition) is 6. The molecule has 4 heterocycles. The van der Waals surface area contributed by atoms with E-state index in [1.165, 1.54) is 0 Å². The van der Waals surface area contributed by atoms with Gasteiger partial charge in [0, 0.05) is 6.54 Å². The molecule has 30 heavy (non-hydrogen) atoms. The first-order valence-corrected chi connectivity index (χ1v) is 10.6. The molecule has 3 aromatic heterocycles. The highest BCUT2D eigenvalue weighted by Crippen LogP contribution is 2.31. The molecule has 8 heteroatoms. The van der Waals surface area contributed by atoms with Crippen molar-refractivity contribution in [3.63, 3.8) is 0 Å². The van der Waals surface area contributed by atoms with Gasteiger partial charge in [0.15, 0.2) is 11.5 Å². The number of anilines is 3. The number of halogens is 1. The summed E-state index contributed by atoms with van der Waals surface area (Å²) in [5, 5.41) is 13.8. The van der Waals surface area contributed by atoms with Gasteiger partial charge in [-0.05, 0) is 49.9 Å². The molecule has 0 bridgehead atoms. The number of aliphatic hydroxyl groups is 1. The van der Waals surface area contributed by atoms with E-state index in [0.29, 0.717) is 10.8 Å². The molecule has 0 amide bonds. The molecule has 0 radical (unpaired) electrons. The summed E-state index contributed by atoms with van der Waals surface area (Å²) < 4.78 is 1.94. The van der Waals surface area contributed by atoms with Gasteiger partial charge in [-0.15, -0.1) is 0 Å². The number of para-hydroxylation sites is 1. The van der Waals surface area contributed by atoms with Crippen molar-refractivity contribution in [1.82, 2.24) is 19.4 Å². The molecule has 7 nitrogen and oxygen atoms in total. The van der Waals surface area contributed by atoms with Crippen LogP contribution in [0.5, 0.6) is 0 Å². The molecule has 4 aromatic rings. The fourth-order valence-electron chi connectivity index (χ4n) is 4.16. The normalized spacial score (nSPS) is 17.0. The Bertz CT molecular complexity index is 1200. The Balaban J connectivity index is 1.61. The lowest BCUT2D eigenvalue weighted by Gasteiger charge is -2.35. The van der Waals surface area contributed by atoms with Crippen LogP contribution in [0, 0.1) is 6.92 Å². The Labute approximate surface area is 179 Å². The van der Waals surface area contributed by atoms with Crippen LogP contribution in [0.1, 0.15) is 24.8 Å². The average Bonchev–Trinajstić information content (AvgIpc) is 3.26. The van der Waals surface area contributed by atoms with Gasteiger partial charge in [0.25, 0.3) is 0 Å². The van der Waals surface area contributed by atoms with Crippen LogP contribution in [0.4, 0.5) is 17.3 Å². The third-order valence-corrected chi connectivity index (χ3v) is 6.09. The summed E-state index contributed by atoms with van der Waals surface area (Å²) in [7, 11) is 0. The zero-order valence-corrected chi connectivity index (χ0v) is 17.5. The van der Waals surface area contributed by atoms with Gasteiger partial charge in [0.2, 0.25) is 0 Å². The second kappa shape index (κ2) is 7.74. The van der Waals surface area contributed by atoms with Gasteiger partial charge in [-0.1, -0.05) is 23.7 Å². The molecule has 0 aliphatic carbocycles. The van der Waals surface area contributed by atoms with Crippen LogP contribution in [-0.4, -0.2) is 43.7 Å². The molecule has 1 unspecified atom stereocenters. The molecule has 2 N–H and O–H groups in total. The number of rotatable bonds is 4. The SMILES string of the molecule is Cc1cccc(Cl)c1Nc1nc2ccc(N3CCCCC3CO)nc2n2cncc12. The van der Waals surface area contributed by atoms with Crippen LogP contribution in [0.15, 0.2) is 42.9 Å². The van der Waals surface area contributed by atoms with Gasteiger partial charge < -0.3 is 15.3 Å². The van der Waals surface area contributed by atoms with E-state index in [2.05, 4.69) is 15.2 Å². The summed E-state index contributed by atoms with van der Waals surface area (Å²) in [6.45, 7) is 3.04. The van der Waals surface area contributed by atoms with Crippen LogP contribution >= 0.6 is 11.6 Å². The monoisotopic (exact) mass is 422 g/mol. The molecular formula is C22H23ClN6O. The van der Waals surface area contributed by atoms with Crippen LogP contribution < -0.4 is 10.2 Å². The smallest absolute Gasteiger partial charge is 0.166 e. The zero-order valence-electron chi connectivity index (χ0n) is 16.7. The van der Waals surface area contributed by atoms with Crippen LogP contribution in [0.25, 0.3) is 16.7 Å². The van der Waals surface area contributed by atoms with Crippen LogP contribution in [-0.2, 0) is 0 Å². The number of pyridine rings is 1. The third kappa shape index (κ3) is 3.24. The number of aryl methyl sites for hydroxylation is 1. The van der Waals surface area contributed by atoms with Gasteiger partial charge in [0.05, 0.1) is 29.6 Å². The quantitative estimate of drug-likeness (QED) is 0.509. The molecular weight excluding hydrogens is 400 g/mol. The lowest BCUT2D eigenvalue weighted by atomic mass is 10.0. The number of aromatic nitrogens is 4. The highest BCUT2D eigenvalue weighted by atomic mass is 35.5. The summed E-state index contributed by atoms with van der Waals surface area (Å²) in [6.07, 6.45) is 6.75. The Morgan fingerprint density at radius 3 is 2.93 bits per heavy atom. The number of aliphatic hydroxyl groups excluding tert-OH is 1. The molecule has 1 aliphatic rings. The lowest BCUT2D eigenvalue weighted by Crippen LogP contribution is -2.42. The number of nitrogens with one attached hydrogen (secondary N) is 1. The average molecular weight is 423 g/mol. The first-order valence-electron chi connectivity index (χ1n) is 10.2. The molecule has 1 saturated heterocycles. The standard InChI is InChI=1S/C22H23ClN6O/c1-14-5-4-7-16(23)20(14)27-21-18-11-24-13-29(18)22-17(25-21)8-9-19(26-22)28-10-3-2-6-15(28)12-30/h4-5,7-9,11,13,15,30H,2-3,6,10,12H2,1H3,(H,25,27). The van der Waals surface area contributed by atoms with E-state index in [-0.39, 0.29) is 12.6 Å². The Morgan fingerprint density at radius 1 is 1.20 bits per heavy atom. The van der Waals surface area contributed by atoms with Crippen molar-refractivity contribution in [1.29, 1.82) is 0 Å². The molecule has 1 atom stereocenters. The Hall–Kier alpha value is -2.90. The van der Waals surface area contributed by atoms with Crippen molar-refractivity contribution in [2.75, 3.05) is 23.4 Å². The number of imidazole rings is 1. The van der Waals surface area contributed by atoms with Crippen LogP contribution in [0.3, 0.4) is 0 Å². The summed E-state index contributed by atoms with van der Waals surface area (Å²) in [5.41, 5.74) is 4.19. The van der Waals surface area contributed by atoms with E-state index in [1.54, 1.807) is 12.5 Å². The van der Waals surface area contributed by atoms with Crippen molar-refractivity contribution in [3.05, 3.63) is 53.4 Å². The molecule has 0 saturated carbocycles. The molecule has 5 rings (SSSR count). The van der Waals surface area contributed by atoms with Gasteiger partial charge >= 0.3 is 0 Å². The minimum Gasteiger partial charge on any atom is -0.394 e. The lowest BCUT2D eigenvalue weighted by molar-refractivity contribution is 0.239. The summed E-state index contributed by atoms with van der Waals surface area (Å²) in [6, 6.07) is 9.86. The van der Waals surface area contributed by atoms with E-state index in [4.69, 9.17) is 21.6 Å². The van der Waals surface area contributed by atoms with Gasteiger partial charge in [-0.2, -0.15) is 0 Å². The number of fused-ring (bicyclic) bond motifs is 3. The minimum atomic E-state index is 0.110. The first kappa shape index (κ1) is 19.1. The maximum atomic E-state index is 9.78. The first-order chi connectivity index (χ1) is 14.7. The van der Waals surface area contributed by atoms with E-state index in [0.717, 1.165) is 59.6 Å². The summed E-state index contributed by atoms with van der Waals surface area (Å²) in [5.74, 6) is 1.54. The van der Waals surface area contributed by atoms with Crippen molar-refractivity contribution in [2.45, 2.75) is 32.2 Å².